The van der Waals surface area contributed by atoms with Crippen LogP contribution in [0, 0.1) is 5.92 Å². The van der Waals surface area contributed by atoms with E-state index in [4.69, 9.17) is 4.74 Å². The van der Waals surface area contributed by atoms with Gasteiger partial charge in [-0.3, -0.25) is 4.79 Å². The average molecular weight is 317 g/mol. The molecule has 0 radical (unpaired) electrons. The smallest absolute Gasteiger partial charge is 0.416 e. The van der Waals surface area contributed by atoms with Crippen LogP contribution in [-0.2, 0) is 16.0 Å². The molecular weight excluding hydrogens is 290 g/mol. The lowest BCUT2D eigenvalue weighted by molar-refractivity contribution is -0.130. The first-order chi connectivity index (χ1) is 11.1. The van der Waals surface area contributed by atoms with E-state index in [1.807, 2.05) is 30.3 Å². The van der Waals surface area contributed by atoms with Gasteiger partial charge in [0, 0.05) is 6.42 Å². The first kappa shape index (κ1) is 17.5. The van der Waals surface area contributed by atoms with Crippen LogP contribution in [0.4, 0.5) is 4.79 Å². The first-order valence-corrected chi connectivity index (χ1v) is 8.64. The SMILES string of the molecule is CCCCC[C@@H](C)CC(=O)N1C(=O)OC[C@@H]1Cc1ccccc1. The molecule has 2 atom stereocenters. The molecule has 126 valence electrons. The number of unbranched alkanes of at least 4 members (excludes halogenated alkanes) is 2. The fourth-order valence-corrected chi connectivity index (χ4v) is 3.04. The summed E-state index contributed by atoms with van der Waals surface area (Å²) >= 11 is 0. The summed E-state index contributed by atoms with van der Waals surface area (Å²) in [5, 5.41) is 0. The Morgan fingerprint density at radius 2 is 2.04 bits per heavy atom. The van der Waals surface area contributed by atoms with Crippen molar-refractivity contribution in [3.63, 3.8) is 0 Å². The molecule has 1 aromatic carbocycles. The number of cyclic esters (lactones) is 1. The molecule has 2 amide bonds. The molecule has 1 heterocycles. The standard InChI is InChI=1S/C19H27NO3/c1-3-4-6-9-15(2)12-18(21)20-17(14-23-19(20)22)13-16-10-7-5-8-11-16/h5,7-8,10-11,15,17H,3-4,6,9,12-14H2,1-2H3/t15-,17+/m1/s1. The van der Waals surface area contributed by atoms with Gasteiger partial charge in [-0.15, -0.1) is 0 Å². The lowest BCUT2D eigenvalue weighted by Gasteiger charge is -2.21. The molecule has 1 aromatic rings. The number of amides is 2. The van der Waals surface area contributed by atoms with E-state index in [2.05, 4.69) is 13.8 Å². The highest BCUT2D eigenvalue weighted by atomic mass is 16.6. The van der Waals surface area contributed by atoms with Crippen LogP contribution in [0.3, 0.4) is 0 Å². The van der Waals surface area contributed by atoms with Crippen molar-refractivity contribution in [3.8, 4) is 0 Å². The van der Waals surface area contributed by atoms with Crippen molar-refractivity contribution < 1.29 is 14.3 Å². The molecule has 0 N–H and O–H groups in total. The Bertz CT molecular complexity index is 515. The van der Waals surface area contributed by atoms with Crippen LogP contribution >= 0.6 is 0 Å². The summed E-state index contributed by atoms with van der Waals surface area (Å²) in [6.07, 6.45) is 5.14. The predicted octanol–water partition coefficient (Wildman–Crippen LogP) is 4.18. The molecule has 0 aromatic heterocycles. The number of hydrogen-bond donors (Lipinski definition) is 0. The summed E-state index contributed by atoms with van der Waals surface area (Å²) in [5.41, 5.74) is 1.12. The Balaban J connectivity index is 1.92. The van der Waals surface area contributed by atoms with E-state index in [1.165, 1.54) is 17.7 Å². The van der Waals surface area contributed by atoms with Gasteiger partial charge in [0.2, 0.25) is 5.91 Å². The molecule has 1 saturated heterocycles. The quantitative estimate of drug-likeness (QED) is 0.676. The fourth-order valence-electron chi connectivity index (χ4n) is 3.04. The highest BCUT2D eigenvalue weighted by Gasteiger charge is 2.37. The number of rotatable bonds is 8. The third-order valence-corrected chi connectivity index (χ3v) is 4.37. The zero-order valence-electron chi connectivity index (χ0n) is 14.2. The van der Waals surface area contributed by atoms with Crippen molar-refractivity contribution in [2.45, 2.75) is 58.4 Å². The Kier molecular flexibility index (Phi) is 6.63. The second-order valence-corrected chi connectivity index (χ2v) is 6.49. The molecule has 23 heavy (non-hydrogen) atoms. The molecule has 0 aliphatic carbocycles. The molecule has 0 bridgehead atoms. The molecule has 1 aliphatic heterocycles. The van der Waals surface area contributed by atoms with Crippen LogP contribution in [0.5, 0.6) is 0 Å². The van der Waals surface area contributed by atoms with E-state index < -0.39 is 6.09 Å². The molecule has 4 nitrogen and oxygen atoms in total. The highest BCUT2D eigenvalue weighted by Crippen LogP contribution is 2.21. The zero-order chi connectivity index (χ0) is 16.7. The number of hydrogen-bond acceptors (Lipinski definition) is 3. The topological polar surface area (TPSA) is 46.6 Å². The van der Waals surface area contributed by atoms with Crippen LogP contribution in [-0.4, -0.2) is 29.5 Å². The molecule has 2 rings (SSSR count). The van der Waals surface area contributed by atoms with Gasteiger partial charge in [-0.1, -0.05) is 69.9 Å². The summed E-state index contributed by atoms with van der Waals surface area (Å²) < 4.78 is 5.12. The highest BCUT2D eigenvalue weighted by molar-refractivity contribution is 5.93. The Labute approximate surface area is 138 Å². The summed E-state index contributed by atoms with van der Waals surface area (Å²) in [6.45, 7) is 4.55. The lowest BCUT2D eigenvalue weighted by atomic mass is 9.98. The molecule has 0 spiro atoms. The number of benzene rings is 1. The summed E-state index contributed by atoms with van der Waals surface area (Å²) in [7, 11) is 0. The minimum atomic E-state index is -0.489. The van der Waals surface area contributed by atoms with Crippen LogP contribution in [0.2, 0.25) is 0 Å². The van der Waals surface area contributed by atoms with E-state index in [1.54, 1.807) is 0 Å². The maximum absolute atomic E-state index is 12.5. The number of ether oxygens (including phenoxy) is 1. The van der Waals surface area contributed by atoms with Crippen molar-refractivity contribution in [2.75, 3.05) is 6.61 Å². The van der Waals surface area contributed by atoms with E-state index in [-0.39, 0.29) is 11.9 Å². The summed E-state index contributed by atoms with van der Waals surface area (Å²) in [5.74, 6) is 0.206. The minimum Gasteiger partial charge on any atom is -0.447 e. The van der Waals surface area contributed by atoms with Gasteiger partial charge in [0.1, 0.15) is 6.61 Å². The summed E-state index contributed by atoms with van der Waals surface area (Å²) in [6, 6.07) is 9.74. The van der Waals surface area contributed by atoms with Gasteiger partial charge >= 0.3 is 6.09 Å². The largest absolute Gasteiger partial charge is 0.447 e. The third-order valence-electron chi connectivity index (χ3n) is 4.37. The molecule has 1 fully saturated rings. The zero-order valence-corrected chi connectivity index (χ0v) is 14.2. The molecule has 0 saturated carbocycles. The molecule has 1 aliphatic rings. The molecule has 4 heteroatoms. The molecule has 0 unspecified atom stereocenters. The van der Waals surface area contributed by atoms with Gasteiger partial charge in [0.25, 0.3) is 0 Å². The van der Waals surface area contributed by atoms with Crippen molar-refractivity contribution in [3.05, 3.63) is 35.9 Å². The van der Waals surface area contributed by atoms with Gasteiger partial charge in [0.15, 0.2) is 0 Å². The number of carbonyl (C=O) groups is 2. The minimum absolute atomic E-state index is 0.0996. The number of nitrogens with zero attached hydrogens (tertiary/aromatic N) is 1. The first-order valence-electron chi connectivity index (χ1n) is 8.64. The van der Waals surface area contributed by atoms with Gasteiger partial charge < -0.3 is 4.74 Å². The van der Waals surface area contributed by atoms with Crippen LogP contribution < -0.4 is 0 Å². The van der Waals surface area contributed by atoms with Crippen LogP contribution in [0.1, 0.15) is 51.5 Å². The van der Waals surface area contributed by atoms with Gasteiger partial charge in [0.05, 0.1) is 6.04 Å². The monoisotopic (exact) mass is 317 g/mol. The van der Waals surface area contributed by atoms with Gasteiger partial charge in [-0.2, -0.15) is 0 Å². The Morgan fingerprint density at radius 1 is 1.30 bits per heavy atom. The normalized spacial score (nSPS) is 18.8. The second-order valence-electron chi connectivity index (χ2n) is 6.49. The maximum Gasteiger partial charge on any atom is 0.416 e. The number of imide groups is 1. The fraction of sp³-hybridized carbons (Fsp3) is 0.579. The van der Waals surface area contributed by atoms with E-state index in [9.17, 15) is 9.59 Å². The van der Waals surface area contributed by atoms with E-state index in [0.29, 0.717) is 25.4 Å². The maximum atomic E-state index is 12.5. The Morgan fingerprint density at radius 3 is 2.74 bits per heavy atom. The van der Waals surface area contributed by atoms with Crippen LogP contribution in [0.25, 0.3) is 0 Å². The molecular formula is C19H27NO3. The average Bonchev–Trinajstić information content (AvgIpc) is 2.89. The van der Waals surface area contributed by atoms with Crippen LogP contribution in [0.15, 0.2) is 30.3 Å². The van der Waals surface area contributed by atoms with Crippen molar-refractivity contribution >= 4 is 12.0 Å². The van der Waals surface area contributed by atoms with E-state index in [0.717, 1.165) is 18.4 Å². The lowest BCUT2D eigenvalue weighted by Crippen LogP contribution is -2.40. The van der Waals surface area contributed by atoms with Gasteiger partial charge in [-0.05, 0) is 17.9 Å². The van der Waals surface area contributed by atoms with Crippen molar-refractivity contribution in [1.29, 1.82) is 0 Å². The van der Waals surface area contributed by atoms with Crippen molar-refractivity contribution in [1.82, 2.24) is 4.90 Å². The Hall–Kier alpha value is -1.84. The van der Waals surface area contributed by atoms with Crippen molar-refractivity contribution in [2.24, 2.45) is 5.92 Å². The predicted molar refractivity (Wildman–Crippen MR) is 90.1 cm³/mol. The van der Waals surface area contributed by atoms with Gasteiger partial charge in [-0.25, -0.2) is 9.69 Å². The number of carbonyl (C=O) groups excluding carboxylic acids is 2. The van der Waals surface area contributed by atoms with E-state index >= 15 is 0 Å². The second kappa shape index (κ2) is 8.70. The summed E-state index contributed by atoms with van der Waals surface area (Å²) in [4.78, 5) is 25.8. The third kappa shape index (κ3) is 5.08.